The number of carbonyl (C=O) groups is 1. The molecule has 0 aliphatic carbocycles. The third kappa shape index (κ3) is 2.66. The number of hydrogen-bond acceptors (Lipinski definition) is 4. The zero-order valence-corrected chi connectivity index (χ0v) is 11.1. The molecular weight excluding hydrogens is 258 g/mol. The van der Waals surface area contributed by atoms with Crippen LogP contribution in [0.3, 0.4) is 0 Å². The summed E-state index contributed by atoms with van der Waals surface area (Å²) in [4.78, 5) is 22.4. The van der Waals surface area contributed by atoms with Crippen LogP contribution in [-0.2, 0) is 0 Å². The van der Waals surface area contributed by atoms with E-state index in [9.17, 15) is 14.9 Å². The minimum atomic E-state index is -0.731. The number of nitro benzene ring substituents is 1. The fourth-order valence-corrected chi connectivity index (χ4v) is 1.80. The Bertz CT molecular complexity index is 679. The summed E-state index contributed by atoms with van der Waals surface area (Å²) in [5.74, 6) is -0.320. The molecule has 0 heterocycles. The summed E-state index contributed by atoms with van der Waals surface area (Å²) in [7, 11) is 0. The van der Waals surface area contributed by atoms with E-state index < -0.39 is 10.9 Å². The number of carbonyl (C=O) groups excluding carboxylic acids is 1. The van der Waals surface area contributed by atoms with E-state index in [-0.39, 0.29) is 11.3 Å². The van der Waals surface area contributed by atoms with Crippen LogP contribution >= 0.6 is 0 Å². The smallest absolute Gasteiger partial charge is 0.350 e. The van der Waals surface area contributed by atoms with Crippen molar-refractivity contribution >= 4 is 11.7 Å². The third-order valence-electron chi connectivity index (χ3n) is 3.08. The molecule has 5 nitrogen and oxygen atoms in total. The highest BCUT2D eigenvalue weighted by Gasteiger charge is 2.21. The first kappa shape index (κ1) is 13.7. The molecule has 102 valence electrons. The van der Waals surface area contributed by atoms with E-state index in [4.69, 9.17) is 4.74 Å². The molecular formula is C15H13NO4. The predicted molar refractivity (Wildman–Crippen MR) is 74.0 cm³/mol. The molecule has 5 heteroatoms. The van der Waals surface area contributed by atoms with Gasteiger partial charge in [0.05, 0.1) is 4.92 Å². The maximum Gasteiger partial charge on any atom is 0.350 e. The molecule has 2 aromatic carbocycles. The van der Waals surface area contributed by atoms with Gasteiger partial charge < -0.3 is 4.74 Å². The molecule has 0 fully saturated rings. The van der Waals surface area contributed by atoms with E-state index in [0.717, 1.165) is 11.1 Å². The normalized spacial score (nSPS) is 10.1. The lowest BCUT2D eigenvalue weighted by Gasteiger charge is -2.09. The first-order valence-corrected chi connectivity index (χ1v) is 6.02. The Balaban J connectivity index is 2.34. The molecule has 2 aromatic rings. The van der Waals surface area contributed by atoms with E-state index in [1.165, 1.54) is 18.2 Å². The number of benzene rings is 2. The number of nitro groups is 1. The van der Waals surface area contributed by atoms with Crippen molar-refractivity contribution in [1.29, 1.82) is 0 Å². The fourth-order valence-electron chi connectivity index (χ4n) is 1.80. The highest BCUT2D eigenvalue weighted by Crippen LogP contribution is 2.24. The van der Waals surface area contributed by atoms with E-state index >= 15 is 0 Å². The number of nitrogens with zero attached hydrogens (tertiary/aromatic N) is 1. The molecule has 0 unspecified atom stereocenters. The first-order valence-electron chi connectivity index (χ1n) is 6.02. The van der Waals surface area contributed by atoms with Gasteiger partial charge in [-0.2, -0.15) is 0 Å². The number of rotatable bonds is 3. The molecule has 0 aromatic heterocycles. The third-order valence-corrected chi connectivity index (χ3v) is 3.08. The maximum atomic E-state index is 12.1. The largest absolute Gasteiger partial charge is 0.422 e. The van der Waals surface area contributed by atoms with E-state index in [0.29, 0.717) is 5.75 Å². The SMILES string of the molecule is Cc1cccc(OC(=O)c2ccccc2[N+](=O)[O-])c1C. The number of ether oxygens (including phenoxy) is 1. The Morgan fingerprint density at radius 3 is 2.50 bits per heavy atom. The van der Waals surface area contributed by atoms with Gasteiger partial charge in [-0.15, -0.1) is 0 Å². The average Bonchev–Trinajstić information content (AvgIpc) is 2.43. The summed E-state index contributed by atoms with van der Waals surface area (Å²) in [6.07, 6.45) is 0. The van der Waals surface area contributed by atoms with E-state index in [1.54, 1.807) is 18.2 Å². The highest BCUT2D eigenvalue weighted by molar-refractivity contribution is 5.95. The summed E-state index contributed by atoms with van der Waals surface area (Å²) >= 11 is 0. The Labute approximate surface area is 116 Å². The van der Waals surface area contributed by atoms with Crippen molar-refractivity contribution < 1.29 is 14.5 Å². The summed E-state index contributed by atoms with van der Waals surface area (Å²) in [6, 6.07) is 11.1. The summed E-state index contributed by atoms with van der Waals surface area (Å²) < 4.78 is 5.26. The van der Waals surface area contributed by atoms with E-state index in [2.05, 4.69) is 0 Å². The standard InChI is InChI=1S/C15H13NO4/c1-10-6-5-9-14(11(10)2)20-15(17)12-7-3-4-8-13(12)16(18)19/h3-9H,1-2H3. The number of aryl methyl sites for hydroxylation is 1. The van der Waals surface area contributed by atoms with Gasteiger partial charge in [0, 0.05) is 6.07 Å². The van der Waals surface area contributed by atoms with Gasteiger partial charge in [-0.1, -0.05) is 24.3 Å². The van der Waals surface area contributed by atoms with Crippen LogP contribution in [0.15, 0.2) is 42.5 Å². The van der Waals surface area contributed by atoms with Crippen LogP contribution in [-0.4, -0.2) is 10.9 Å². The van der Waals surface area contributed by atoms with Crippen LogP contribution < -0.4 is 4.74 Å². The zero-order valence-electron chi connectivity index (χ0n) is 11.1. The molecule has 0 aliphatic rings. The minimum absolute atomic E-state index is 0.0570. The lowest BCUT2D eigenvalue weighted by Crippen LogP contribution is -2.11. The monoisotopic (exact) mass is 271 g/mol. The van der Waals surface area contributed by atoms with Gasteiger partial charge in [-0.25, -0.2) is 4.79 Å². The highest BCUT2D eigenvalue weighted by atomic mass is 16.6. The van der Waals surface area contributed by atoms with Crippen LogP contribution in [0.2, 0.25) is 0 Å². The van der Waals surface area contributed by atoms with Crippen molar-refractivity contribution in [2.75, 3.05) is 0 Å². The molecule has 0 radical (unpaired) electrons. The second-order valence-electron chi connectivity index (χ2n) is 4.36. The van der Waals surface area contributed by atoms with Crippen LogP contribution in [0.5, 0.6) is 5.75 Å². The van der Waals surface area contributed by atoms with E-state index in [1.807, 2.05) is 19.9 Å². The van der Waals surface area contributed by atoms with Crippen molar-refractivity contribution in [3.05, 3.63) is 69.3 Å². The van der Waals surface area contributed by atoms with Gasteiger partial charge in [0.2, 0.25) is 0 Å². The second-order valence-corrected chi connectivity index (χ2v) is 4.36. The molecule has 0 N–H and O–H groups in total. The molecule has 0 atom stereocenters. The lowest BCUT2D eigenvalue weighted by molar-refractivity contribution is -0.385. The van der Waals surface area contributed by atoms with Crippen molar-refractivity contribution in [3.8, 4) is 5.75 Å². The van der Waals surface area contributed by atoms with Crippen molar-refractivity contribution in [3.63, 3.8) is 0 Å². The van der Waals surface area contributed by atoms with Crippen molar-refractivity contribution in [2.45, 2.75) is 13.8 Å². The first-order chi connectivity index (χ1) is 9.50. The molecule has 0 saturated heterocycles. The van der Waals surface area contributed by atoms with Gasteiger partial charge in [0.15, 0.2) is 0 Å². The molecule has 20 heavy (non-hydrogen) atoms. The molecule has 0 spiro atoms. The van der Waals surface area contributed by atoms with Gasteiger partial charge in [-0.3, -0.25) is 10.1 Å². The van der Waals surface area contributed by atoms with Crippen LogP contribution in [0.1, 0.15) is 21.5 Å². The molecule has 2 rings (SSSR count). The topological polar surface area (TPSA) is 69.4 Å². The van der Waals surface area contributed by atoms with Gasteiger partial charge in [-0.05, 0) is 37.1 Å². The predicted octanol–water partition coefficient (Wildman–Crippen LogP) is 3.43. The van der Waals surface area contributed by atoms with Crippen molar-refractivity contribution in [2.24, 2.45) is 0 Å². The Kier molecular flexibility index (Phi) is 3.79. The van der Waals surface area contributed by atoms with Crippen LogP contribution in [0, 0.1) is 24.0 Å². The number of hydrogen-bond donors (Lipinski definition) is 0. The number of para-hydroxylation sites is 1. The average molecular weight is 271 g/mol. The van der Waals surface area contributed by atoms with Gasteiger partial charge in [0.25, 0.3) is 5.69 Å². The lowest BCUT2D eigenvalue weighted by atomic mass is 10.1. The van der Waals surface area contributed by atoms with Crippen LogP contribution in [0.25, 0.3) is 0 Å². The summed E-state index contributed by atoms with van der Waals surface area (Å²) in [5, 5.41) is 10.9. The fraction of sp³-hybridized carbons (Fsp3) is 0.133. The Morgan fingerprint density at radius 1 is 1.10 bits per heavy atom. The van der Waals surface area contributed by atoms with Gasteiger partial charge >= 0.3 is 5.97 Å². The minimum Gasteiger partial charge on any atom is -0.422 e. The summed E-state index contributed by atoms with van der Waals surface area (Å²) in [6.45, 7) is 3.73. The number of esters is 1. The zero-order chi connectivity index (χ0) is 14.7. The molecule has 0 bridgehead atoms. The summed E-state index contributed by atoms with van der Waals surface area (Å²) in [5.41, 5.74) is 1.50. The quantitative estimate of drug-likeness (QED) is 0.371. The second kappa shape index (κ2) is 5.52. The maximum absolute atomic E-state index is 12.1. The molecule has 0 saturated carbocycles. The van der Waals surface area contributed by atoms with Crippen LogP contribution in [0.4, 0.5) is 5.69 Å². The molecule has 0 aliphatic heterocycles. The Morgan fingerprint density at radius 2 is 1.80 bits per heavy atom. The molecule has 0 amide bonds. The van der Waals surface area contributed by atoms with Gasteiger partial charge in [0.1, 0.15) is 11.3 Å². The Hall–Kier alpha value is -2.69. The van der Waals surface area contributed by atoms with Crippen molar-refractivity contribution in [1.82, 2.24) is 0 Å².